The highest BCUT2D eigenvalue weighted by atomic mass is 79.9. The lowest BCUT2D eigenvalue weighted by Crippen LogP contribution is -1.96. The van der Waals surface area contributed by atoms with E-state index >= 15 is 0 Å². The van der Waals surface area contributed by atoms with E-state index < -0.39 is 4.92 Å². The van der Waals surface area contributed by atoms with Crippen LogP contribution in [0.4, 0.5) is 5.69 Å². The van der Waals surface area contributed by atoms with Gasteiger partial charge in [0.05, 0.1) is 9.40 Å². The highest BCUT2D eigenvalue weighted by Gasteiger charge is 2.13. The fourth-order valence-electron chi connectivity index (χ4n) is 2.05. The molecule has 1 aromatic heterocycles. The Bertz CT molecular complexity index is 895. The van der Waals surface area contributed by atoms with Crippen LogP contribution in [0.2, 0.25) is 0 Å². The topological polar surface area (TPSA) is 91.3 Å². The summed E-state index contributed by atoms with van der Waals surface area (Å²) in [6.45, 7) is 2.08. The van der Waals surface area contributed by atoms with Crippen molar-refractivity contribution in [3.8, 4) is 17.1 Å². The Labute approximate surface area is 145 Å². The third kappa shape index (κ3) is 3.60. The molecule has 0 aliphatic rings. The maximum Gasteiger partial charge on any atom is 0.270 e. The maximum absolute atomic E-state index is 10.8. The lowest BCUT2D eigenvalue weighted by molar-refractivity contribution is -0.384. The third-order valence-corrected chi connectivity index (χ3v) is 3.84. The number of non-ortho nitro benzene ring substituents is 1. The summed E-state index contributed by atoms with van der Waals surface area (Å²) in [4.78, 5) is 14.6. The number of hydrogen-bond donors (Lipinski definition) is 0. The molecular formula is C16H12BrN3O4. The summed E-state index contributed by atoms with van der Waals surface area (Å²) in [5.41, 5.74) is 1.59. The van der Waals surface area contributed by atoms with Gasteiger partial charge in [0.1, 0.15) is 5.75 Å². The summed E-state index contributed by atoms with van der Waals surface area (Å²) < 4.78 is 11.6. The van der Waals surface area contributed by atoms with Crippen molar-refractivity contribution in [3.05, 3.63) is 68.5 Å². The van der Waals surface area contributed by atoms with Crippen LogP contribution in [0, 0.1) is 17.0 Å². The van der Waals surface area contributed by atoms with Crippen molar-refractivity contribution in [1.29, 1.82) is 0 Å². The number of ether oxygens (including phenoxy) is 1. The predicted octanol–water partition coefficient (Wildman–Crippen LogP) is 4.29. The minimum absolute atomic E-state index is 0.0290. The van der Waals surface area contributed by atoms with Gasteiger partial charge in [-0.1, -0.05) is 23.4 Å². The van der Waals surface area contributed by atoms with Crippen LogP contribution < -0.4 is 4.74 Å². The van der Waals surface area contributed by atoms with Crippen molar-refractivity contribution in [2.45, 2.75) is 13.5 Å². The molecule has 0 spiro atoms. The smallest absolute Gasteiger partial charge is 0.270 e. The monoisotopic (exact) mass is 389 g/mol. The van der Waals surface area contributed by atoms with Gasteiger partial charge in [-0.05, 0) is 40.5 Å². The number of hydrogen-bond acceptors (Lipinski definition) is 6. The molecule has 0 fully saturated rings. The first-order valence-electron chi connectivity index (χ1n) is 6.99. The number of nitro benzene ring substituents is 1. The van der Waals surface area contributed by atoms with E-state index in [2.05, 4.69) is 26.1 Å². The van der Waals surface area contributed by atoms with Gasteiger partial charge in [0.2, 0.25) is 5.82 Å². The van der Waals surface area contributed by atoms with E-state index in [4.69, 9.17) is 9.26 Å². The van der Waals surface area contributed by atoms with Crippen LogP contribution in [0.5, 0.6) is 5.75 Å². The summed E-state index contributed by atoms with van der Waals surface area (Å²) >= 11 is 3.43. The molecular weight excluding hydrogens is 378 g/mol. The molecule has 1 heterocycles. The minimum atomic E-state index is -0.470. The first-order valence-corrected chi connectivity index (χ1v) is 7.78. The summed E-state index contributed by atoms with van der Waals surface area (Å²) in [5.74, 6) is 1.22. The van der Waals surface area contributed by atoms with Crippen LogP contribution in [0.25, 0.3) is 11.4 Å². The maximum atomic E-state index is 10.8. The van der Waals surface area contributed by atoms with E-state index in [0.29, 0.717) is 11.3 Å². The molecule has 3 rings (SSSR count). The van der Waals surface area contributed by atoms with Gasteiger partial charge in [-0.3, -0.25) is 10.1 Å². The molecule has 0 N–H and O–H groups in total. The zero-order valence-electron chi connectivity index (χ0n) is 12.6. The van der Waals surface area contributed by atoms with E-state index in [-0.39, 0.29) is 24.0 Å². The summed E-state index contributed by atoms with van der Waals surface area (Å²) in [6.07, 6.45) is 0. The van der Waals surface area contributed by atoms with Crippen molar-refractivity contribution < 1.29 is 14.2 Å². The highest BCUT2D eigenvalue weighted by Crippen LogP contribution is 2.27. The van der Waals surface area contributed by atoms with E-state index in [9.17, 15) is 10.1 Å². The molecule has 2 aromatic carbocycles. The van der Waals surface area contributed by atoms with Crippen LogP contribution in [0.3, 0.4) is 0 Å². The Kier molecular flexibility index (Phi) is 4.57. The molecule has 0 aliphatic heterocycles. The Morgan fingerprint density at radius 3 is 2.88 bits per heavy atom. The van der Waals surface area contributed by atoms with Crippen LogP contribution >= 0.6 is 15.9 Å². The Balaban J connectivity index is 1.74. The predicted molar refractivity (Wildman–Crippen MR) is 89.6 cm³/mol. The van der Waals surface area contributed by atoms with Gasteiger partial charge in [0, 0.05) is 17.7 Å². The van der Waals surface area contributed by atoms with Crippen molar-refractivity contribution in [1.82, 2.24) is 10.1 Å². The highest BCUT2D eigenvalue weighted by molar-refractivity contribution is 9.10. The molecule has 7 nitrogen and oxygen atoms in total. The standard InChI is InChI=1S/C16H12BrN3O4/c1-10-5-6-14(13(17)7-10)23-9-15-18-16(19-24-15)11-3-2-4-12(8-11)20(21)22/h2-8H,9H2,1H3. The molecule has 24 heavy (non-hydrogen) atoms. The Hall–Kier alpha value is -2.74. The molecule has 0 atom stereocenters. The largest absolute Gasteiger partial charge is 0.483 e. The minimum Gasteiger partial charge on any atom is -0.483 e. The van der Waals surface area contributed by atoms with E-state index in [0.717, 1.165) is 10.0 Å². The van der Waals surface area contributed by atoms with Gasteiger partial charge in [-0.2, -0.15) is 4.98 Å². The molecule has 0 saturated heterocycles. The second-order valence-corrected chi connectivity index (χ2v) is 5.90. The number of benzene rings is 2. The number of aryl methyl sites for hydroxylation is 1. The molecule has 0 amide bonds. The zero-order valence-corrected chi connectivity index (χ0v) is 14.2. The quantitative estimate of drug-likeness (QED) is 0.477. The first-order chi connectivity index (χ1) is 11.5. The Morgan fingerprint density at radius 1 is 1.29 bits per heavy atom. The van der Waals surface area contributed by atoms with Gasteiger partial charge in [-0.25, -0.2) is 0 Å². The summed E-state index contributed by atoms with van der Waals surface area (Å²) in [5, 5.41) is 14.7. The van der Waals surface area contributed by atoms with Crippen molar-refractivity contribution >= 4 is 21.6 Å². The van der Waals surface area contributed by atoms with E-state index in [1.807, 2.05) is 25.1 Å². The van der Waals surface area contributed by atoms with Crippen molar-refractivity contribution in [2.75, 3.05) is 0 Å². The second-order valence-electron chi connectivity index (χ2n) is 5.04. The van der Waals surface area contributed by atoms with Gasteiger partial charge >= 0.3 is 0 Å². The van der Waals surface area contributed by atoms with E-state index in [1.54, 1.807) is 12.1 Å². The zero-order chi connectivity index (χ0) is 17.1. The third-order valence-electron chi connectivity index (χ3n) is 3.22. The normalized spacial score (nSPS) is 10.6. The lowest BCUT2D eigenvalue weighted by Gasteiger charge is -2.06. The second kappa shape index (κ2) is 6.79. The van der Waals surface area contributed by atoms with Gasteiger partial charge in [0.25, 0.3) is 11.6 Å². The number of aromatic nitrogens is 2. The number of nitrogens with zero attached hydrogens (tertiary/aromatic N) is 3. The number of nitro groups is 1. The fraction of sp³-hybridized carbons (Fsp3) is 0.125. The lowest BCUT2D eigenvalue weighted by atomic mass is 10.2. The fourth-order valence-corrected chi connectivity index (χ4v) is 2.66. The molecule has 0 bridgehead atoms. The molecule has 0 saturated carbocycles. The van der Waals surface area contributed by atoms with Crippen LogP contribution in [0.1, 0.15) is 11.5 Å². The van der Waals surface area contributed by atoms with Gasteiger partial charge < -0.3 is 9.26 Å². The molecule has 8 heteroatoms. The molecule has 0 radical (unpaired) electrons. The summed E-state index contributed by atoms with van der Waals surface area (Å²) in [6, 6.07) is 11.8. The van der Waals surface area contributed by atoms with Crippen molar-refractivity contribution in [2.24, 2.45) is 0 Å². The molecule has 122 valence electrons. The summed E-state index contributed by atoms with van der Waals surface area (Å²) in [7, 11) is 0. The average Bonchev–Trinajstić information content (AvgIpc) is 3.03. The first kappa shape index (κ1) is 16.1. The van der Waals surface area contributed by atoms with E-state index in [1.165, 1.54) is 12.1 Å². The number of rotatable bonds is 5. The average molecular weight is 390 g/mol. The van der Waals surface area contributed by atoms with Crippen molar-refractivity contribution in [3.63, 3.8) is 0 Å². The number of halogens is 1. The molecule has 3 aromatic rings. The SMILES string of the molecule is Cc1ccc(OCc2nc(-c3cccc([N+](=O)[O-])c3)no2)c(Br)c1. The molecule has 0 aliphatic carbocycles. The molecule has 0 unspecified atom stereocenters. The Morgan fingerprint density at radius 2 is 2.12 bits per heavy atom. The van der Waals surface area contributed by atoms with Crippen LogP contribution in [-0.4, -0.2) is 15.1 Å². The van der Waals surface area contributed by atoms with Gasteiger partial charge in [0.15, 0.2) is 6.61 Å². The van der Waals surface area contributed by atoms with Crippen LogP contribution in [0.15, 0.2) is 51.5 Å². The van der Waals surface area contributed by atoms with Crippen LogP contribution in [-0.2, 0) is 6.61 Å². The van der Waals surface area contributed by atoms with Gasteiger partial charge in [-0.15, -0.1) is 0 Å².